The van der Waals surface area contributed by atoms with Gasteiger partial charge in [-0.2, -0.15) is 0 Å². The molecule has 0 saturated carbocycles. The summed E-state index contributed by atoms with van der Waals surface area (Å²) in [5.41, 5.74) is 7.12. The number of nitrogens with one attached hydrogen (secondary N) is 1. The molecule has 0 amide bonds. The molecule has 5 heteroatoms. The van der Waals surface area contributed by atoms with Gasteiger partial charge in [0.2, 0.25) is 0 Å². The first-order chi connectivity index (χ1) is 7.66. The molecular weight excluding hydrogens is 245 g/mol. The Balaban J connectivity index is 2.31. The van der Waals surface area contributed by atoms with Gasteiger partial charge in [-0.3, -0.25) is 0 Å². The van der Waals surface area contributed by atoms with Gasteiger partial charge in [0, 0.05) is 18.0 Å². The van der Waals surface area contributed by atoms with Gasteiger partial charge in [0.05, 0.1) is 15.7 Å². The van der Waals surface area contributed by atoms with E-state index in [1.54, 1.807) is 24.4 Å². The van der Waals surface area contributed by atoms with Gasteiger partial charge >= 0.3 is 0 Å². The summed E-state index contributed by atoms with van der Waals surface area (Å²) in [4.78, 5) is 3.90. The number of hydrogen-bond acceptors (Lipinski definition) is 3. The first kappa shape index (κ1) is 11.0. The zero-order valence-electron chi connectivity index (χ0n) is 8.24. The van der Waals surface area contributed by atoms with Crippen molar-refractivity contribution in [3.63, 3.8) is 0 Å². The number of rotatable bonds is 2. The van der Waals surface area contributed by atoms with Crippen LogP contribution in [0.25, 0.3) is 0 Å². The van der Waals surface area contributed by atoms with Crippen molar-refractivity contribution in [2.75, 3.05) is 11.1 Å². The van der Waals surface area contributed by atoms with E-state index in [1.165, 1.54) is 0 Å². The normalized spacial score (nSPS) is 10.1. The standard InChI is InChI=1S/C11H9Cl2N3/c12-8-2-1-3-9(11(8)13)16-7-4-5-15-10(14)6-7/h1-6H,(H3,14,15,16). The molecule has 3 N–H and O–H groups in total. The quantitative estimate of drug-likeness (QED) is 0.858. The van der Waals surface area contributed by atoms with Crippen LogP contribution in [0.4, 0.5) is 17.2 Å². The number of pyridine rings is 1. The fourth-order valence-electron chi connectivity index (χ4n) is 1.28. The third-order valence-corrected chi connectivity index (χ3v) is 2.83. The first-order valence-corrected chi connectivity index (χ1v) is 5.35. The molecule has 1 aromatic carbocycles. The summed E-state index contributed by atoms with van der Waals surface area (Å²) in [7, 11) is 0. The molecule has 0 unspecified atom stereocenters. The zero-order valence-corrected chi connectivity index (χ0v) is 9.76. The van der Waals surface area contributed by atoms with Gasteiger partial charge in [-0.1, -0.05) is 29.3 Å². The molecule has 1 heterocycles. The molecule has 0 spiro atoms. The molecule has 0 bridgehead atoms. The Bertz CT molecular complexity index is 514. The first-order valence-electron chi connectivity index (χ1n) is 4.59. The molecule has 0 atom stereocenters. The van der Waals surface area contributed by atoms with Crippen molar-refractivity contribution in [3.05, 3.63) is 46.6 Å². The number of nitrogens with two attached hydrogens (primary N) is 1. The smallest absolute Gasteiger partial charge is 0.125 e. The van der Waals surface area contributed by atoms with Gasteiger partial charge in [0.1, 0.15) is 5.82 Å². The Morgan fingerprint density at radius 3 is 2.75 bits per heavy atom. The number of aromatic nitrogens is 1. The largest absolute Gasteiger partial charge is 0.384 e. The minimum Gasteiger partial charge on any atom is -0.384 e. The lowest BCUT2D eigenvalue weighted by Crippen LogP contribution is -1.94. The minimum atomic E-state index is 0.447. The van der Waals surface area contributed by atoms with E-state index < -0.39 is 0 Å². The number of halogens is 2. The van der Waals surface area contributed by atoms with Crippen LogP contribution in [0.2, 0.25) is 10.0 Å². The average molecular weight is 254 g/mol. The lowest BCUT2D eigenvalue weighted by atomic mass is 10.3. The van der Waals surface area contributed by atoms with Gasteiger partial charge in [-0.05, 0) is 18.2 Å². The third kappa shape index (κ3) is 2.38. The van der Waals surface area contributed by atoms with Crippen molar-refractivity contribution >= 4 is 40.4 Å². The van der Waals surface area contributed by atoms with Crippen molar-refractivity contribution in [1.29, 1.82) is 0 Å². The van der Waals surface area contributed by atoms with Gasteiger partial charge < -0.3 is 11.1 Å². The maximum Gasteiger partial charge on any atom is 0.125 e. The number of benzene rings is 1. The van der Waals surface area contributed by atoms with E-state index in [0.717, 1.165) is 11.4 Å². The molecule has 0 aliphatic rings. The van der Waals surface area contributed by atoms with Crippen molar-refractivity contribution in [2.45, 2.75) is 0 Å². The predicted octanol–water partition coefficient (Wildman–Crippen LogP) is 3.71. The Labute approximate surface area is 103 Å². The molecule has 2 aromatic rings. The van der Waals surface area contributed by atoms with Gasteiger partial charge in [0.15, 0.2) is 0 Å². The van der Waals surface area contributed by atoms with E-state index in [4.69, 9.17) is 28.9 Å². The fourth-order valence-corrected chi connectivity index (χ4v) is 1.63. The van der Waals surface area contributed by atoms with Gasteiger partial charge in [-0.15, -0.1) is 0 Å². The maximum absolute atomic E-state index is 6.04. The molecule has 82 valence electrons. The second-order valence-corrected chi connectivity index (χ2v) is 3.98. The predicted molar refractivity (Wildman–Crippen MR) is 68.4 cm³/mol. The molecule has 0 fully saturated rings. The molecule has 0 aliphatic heterocycles. The molecule has 16 heavy (non-hydrogen) atoms. The molecule has 3 nitrogen and oxygen atoms in total. The minimum absolute atomic E-state index is 0.447. The third-order valence-electron chi connectivity index (χ3n) is 2.01. The molecule has 0 aliphatic carbocycles. The van der Waals surface area contributed by atoms with Crippen LogP contribution in [0.1, 0.15) is 0 Å². The number of nitrogens with zero attached hydrogens (tertiary/aromatic N) is 1. The van der Waals surface area contributed by atoms with E-state index in [1.807, 2.05) is 12.1 Å². The Kier molecular flexibility index (Phi) is 3.17. The lowest BCUT2D eigenvalue weighted by molar-refractivity contribution is 1.33. The van der Waals surface area contributed by atoms with Crippen LogP contribution < -0.4 is 11.1 Å². The summed E-state index contributed by atoms with van der Waals surface area (Å²) in [5.74, 6) is 0.447. The molecule has 0 radical (unpaired) electrons. The van der Waals surface area contributed by atoms with E-state index in [9.17, 15) is 0 Å². The number of hydrogen-bond donors (Lipinski definition) is 2. The van der Waals surface area contributed by atoms with E-state index in [2.05, 4.69) is 10.3 Å². The van der Waals surface area contributed by atoms with E-state index in [-0.39, 0.29) is 0 Å². The van der Waals surface area contributed by atoms with Crippen molar-refractivity contribution < 1.29 is 0 Å². The van der Waals surface area contributed by atoms with Crippen LogP contribution in [-0.2, 0) is 0 Å². The lowest BCUT2D eigenvalue weighted by Gasteiger charge is -2.09. The summed E-state index contributed by atoms with van der Waals surface area (Å²) < 4.78 is 0. The van der Waals surface area contributed by atoms with Crippen molar-refractivity contribution in [2.24, 2.45) is 0 Å². The van der Waals surface area contributed by atoms with E-state index >= 15 is 0 Å². The van der Waals surface area contributed by atoms with E-state index in [0.29, 0.717) is 15.9 Å². The molecular formula is C11H9Cl2N3. The highest BCUT2D eigenvalue weighted by molar-refractivity contribution is 6.43. The summed E-state index contributed by atoms with van der Waals surface area (Å²) in [6.07, 6.45) is 1.62. The number of anilines is 3. The highest BCUT2D eigenvalue weighted by atomic mass is 35.5. The molecule has 0 saturated heterocycles. The van der Waals surface area contributed by atoms with Crippen molar-refractivity contribution in [1.82, 2.24) is 4.98 Å². The maximum atomic E-state index is 6.04. The van der Waals surface area contributed by atoms with Crippen molar-refractivity contribution in [3.8, 4) is 0 Å². The topological polar surface area (TPSA) is 50.9 Å². The zero-order chi connectivity index (χ0) is 11.5. The van der Waals surface area contributed by atoms with Crippen LogP contribution in [0, 0.1) is 0 Å². The SMILES string of the molecule is Nc1cc(Nc2cccc(Cl)c2Cl)ccn1. The summed E-state index contributed by atoms with van der Waals surface area (Å²) in [6, 6.07) is 8.91. The summed E-state index contributed by atoms with van der Waals surface area (Å²) in [6.45, 7) is 0. The van der Waals surface area contributed by atoms with Gasteiger partial charge in [-0.25, -0.2) is 4.98 Å². The highest BCUT2D eigenvalue weighted by Gasteiger charge is 2.04. The summed E-state index contributed by atoms with van der Waals surface area (Å²) in [5, 5.41) is 4.11. The molecule has 1 aromatic heterocycles. The monoisotopic (exact) mass is 253 g/mol. The Morgan fingerprint density at radius 1 is 1.19 bits per heavy atom. The number of nitrogen functional groups attached to an aromatic ring is 1. The highest BCUT2D eigenvalue weighted by Crippen LogP contribution is 2.31. The molecule has 2 rings (SSSR count). The van der Waals surface area contributed by atoms with Crippen LogP contribution in [0.5, 0.6) is 0 Å². The Hall–Kier alpha value is -1.45. The second kappa shape index (κ2) is 4.60. The average Bonchev–Trinajstić information content (AvgIpc) is 2.25. The van der Waals surface area contributed by atoms with Crippen LogP contribution >= 0.6 is 23.2 Å². The summed E-state index contributed by atoms with van der Waals surface area (Å²) >= 11 is 11.9. The Morgan fingerprint density at radius 2 is 2.00 bits per heavy atom. The van der Waals surface area contributed by atoms with Crippen LogP contribution in [0.15, 0.2) is 36.5 Å². The van der Waals surface area contributed by atoms with Gasteiger partial charge in [0.25, 0.3) is 0 Å². The second-order valence-electron chi connectivity index (χ2n) is 3.20. The fraction of sp³-hybridized carbons (Fsp3) is 0. The van der Waals surface area contributed by atoms with Crippen LogP contribution in [-0.4, -0.2) is 4.98 Å². The van der Waals surface area contributed by atoms with Crippen LogP contribution in [0.3, 0.4) is 0 Å².